The van der Waals surface area contributed by atoms with E-state index in [1.54, 1.807) is 11.8 Å². The highest BCUT2D eigenvalue weighted by Crippen LogP contribution is 2.26. The second-order valence-corrected chi connectivity index (χ2v) is 8.20. The number of thioether (sulfide) groups is 1. The van der Waals surface area contributed by atoms with Gasteiger partial charge in [-0.3, -0.25) is 0 Å². The van der Waals surface area contributed by atoms with Crippen LogP contribution in [-0.4, -0.2) is 53.4 Å². The maximum absolute atomic E-state index is 5.94. The van der Waals surface area contributed by atoms with Gasteiger partial charge >= 0.3 is 0 Å². The summed E-state index contributed by atoms with van der Waals surface area (Å²) >= 11 is 1.70. The van der Waals surface area contributed by atoms with Crippen LogP contribution in [0.15, 0.2) is 42.4 Å². The Morgan fingerprint density at radius 2 is 1.67 bits per heavy atom. The zero-order valence-electron chi connectivity index (χ0n) is 16.5. The minimum Gasteiger partial charge on any atom is -0.399 e. The van der Waals surface area contributed by atoms with E-state index in [1.165, 1.54) is 45.2 Å². The number of benzene rings is 1. The first-order chi connectivity index (χ1) is 13.1. The second-order valence-electron chi connectivity index (χ2n) is 7.43. The Labute approximate surface area is 168 Å². The maximum atomic E-state index is 5.94. The van der Waals surface area contributed by atoms with Crippen molar-refractivity contribution in [2.45, 2.75) is 38.1 Å². The van der Waals surface area contributed by atoms with Crippen LogP contribution in [0.2, 0.25) is 0 Å². The molecule has 0 bridgehead atoms. The van der Waals surface area contributed by atoms with Crippen molar-refractivity contribution in [3.63, 3.8) is 0 Å². The van der Waals surface area contributed by atoms with E-state index < -0.39 is 0 Å². The lowest BCUT2D eigenvalue weighted by Gasteiger charge is -2.40. The molecule has 2 saturated heterocycles. The number of hydrogen-bond donors (Lipinski definition) is 1. The van der Waals surface area contributed by atoms with E-state index in [0.29, 0.717) is 5.70 Å². The fraction of sp³-hybridized carbons (Fsp3) is 0.500. The molecule has 2 N–H and O–H groups in total. The van der Waals surface area contributed by atoms with Crippen LogP contribution in [-0.2, 0) is 0 Å². The van der Waals surface area contributed by atoms with Crippen LogP contribution in [0.3, 0.4) is 0 Å². The molecule has 0 spiro atoms. The third-order valence-corrected chi connectivity index (χ3v) is 6.35. The van der Waals surface area contributed by atoms with E-state index in [2.05, 4.69) is 29.2 Å². The van der Waals surface area contributed by atoms with Crippen molar-refractivity contribution >= 4 is 28.3 Å². The largest absolute Gasteiger partial charge is 0.399 e. The Hall–Kier alpha value is -1.72. The zero-order chi connectivity index (χ0) is 19.2. The number of amidine groups is 1. The summed E-state index contributed by atoms with van der Waals surface area (Å²) < 4.78 is 0. The smallest absolute Gasteiger partial charge is 0.164 e. The first-order valence-electron chi connectivity index (χ1n) is 9.95. The van der Waals surface area contributed by atoms with Gasteiger partial charge in [0.25, 0.3) is 0 Å². The summed E-state index contributed by atoms with van der Waals surface area (Å²) in [6.45, 7) is 12.8. The van der Waals surface area contributed by atoms with E-state index in [1.807, 2.05) is 24.3 Å². The molecule has 3 rings (SSSR count). The normalized spacial score (nSPS) is 19.9. The highest BCUT2D eigenvalue weighted by atomic mass is 32.2. The molecule has 0 aromatic heterocycles. The van der Waals surface area contributed by atoms with Gasteiger partial charge in [-0.1, -0.05) is 55.6 Å². The van der Waals surface area contributed by atoms with Gasteiger partial charge in [0.1, 0.15) is 0 Å². The average molecular weight is 385 g/mol. The van der Waals surface area contributed by atoms with E-state index in [4.69, 9.17) is 10.7 Å². The molecule has 4 nitrogen and oxygen atoms in total. The predicted molar refractivity (Wildman–Crippen MR) is 120 cm³/mol. The molecule has 146 valence electrons. The van der Waals surface area contributed by atoms with E-state index in [0.717, 1.165) is 41.1 Å². The van der Waals surface area contributed by atoms with Crippen LogP contribution < -0.4 is 5.73 Å². The van der Waals surface area contributed by atoms with Crippen LogP contribution in [0.1, 0.15) is 43.2 Å². The highest BCUT2D eigenvalue weighted by Gasteiger charge is 2.26. The van der Waals surface area contributed by atoms with Crippen LogP contribution >= 0.6 is 11.8 Å². The topological polar surface area (TPSA) is 44.9 Å². The van der Waals surface area contributed by atoms with Crippen molar-refractivity contribution in [3.8, 4) is 0 Å². The number of rotatable bonds is 4. The summed E-state index contributed by atoms with van der Waals surface area (Å²) in [7, 11) is 0. The van der Waals surface area contributed by atoms with E-state index >= 15 is 0 Å². The monoisotopic (exact) mass is 384 g/mol. The van der Waals surface area contributed by atoms with Crippen molar-refractivity contribution in [2.75, 3.05) is 32.4 Å². The van der Waals surface area contributed by atoms with Gasteiger partial charge in [0.05, 0.1) is 5.70 Å². The van der Waals surface area contributed by atoms with Crippen LogP contribution in [0.5, 0.6) is 0 Å². The summed E-state index contributed by atoms with van der Waals surface area (Å²) in [5.74, 6) is 0. The number of piperidine rings is 2. The molecule has 1 aromatic carbocycles. The molecule has 5 heteroatoms. The Bertz CT molecular complexity index is 698. The number of likely N-dealkylation sites (tertiary alicyclic amines) is 2. The molecule has 0 amide bonds. The van der Waals surface area contributed by atoms with Gasteiger partial charge in [-0.25, -0.2) is 4.99 Å². The molecule has 2 fully saturated rings. The van der Waals surface area contributed by atoms with Crippen LogP contribution in [0, 0.1) is 0 Å². The molecule has 0 aliphatic carbocycles. The van der Waals surface area contributed by atoms with Crippen LogP contribution in [0.4, 0.5) is 0 Å². The first-order valence-corrected chi connectivity index (χ1v) is 11.2. The third kappa shape index (κ3) is 4.96. The highest BCUT2D eigenvalue weighted by molar-refractivity contribution is 8.13. The van der Waals surface area contributed by atoms with Crippen molar-refractivity contribution in [3.05, 3.63) is 48.6 Å². The fourth-order valence-electron chi connectivity index (χ4n) is 4.14. The minimum absolute atomic E-state index is 0.551. The Balaban J connectivity index is 1.66. The third-order valence-electron chi connectivity index (χ3n) is 5.64. The molecule has 27 heavy (non-hydrogen) atoms. The van der Waals surface area contributed by atoms with E-state index in [-0.39, 0.29) is 0 Å². The second kappa shape index (κ2) is 9.47. The molecule has 2 aliphatic heterocycles. The van der Waals surface area contributed by atoms with E-state index in [9.17, 15) is 0 Å². The number of nitrogens with two attached hydrogens (primary N) is 1. The first kappa shape index (κ1) is 20.0. The predicted octanol–water partition coefficient (Wildman–Crippen LogP) is 4.26. The van der Waals surface area contributed by atoms with Crippen molar-refractivity contribution in [2.24, 2.45) is 10.7 Å². The molecule has 0 saturated carbocycles. The van der Waals surface area contributed by atoms with Gasteiger partial charge < -0.3 is 15.5 Å². The lowest BCUT2D eigenvalue weighted by Crippen LogP contribution is -2.47. The molecule has 1 aromatic rings. The Kier molecular flexibility index (Phi) is 7.02. The SMILES string of the molecule is C=C(N)c1ccccc1C(=C)N=C(SC)N1CCC(N2CCCCC2)CC1. The lowest BCUT2D eigenvalue weighted by atomic mass is 10.0. The summed E-state index contributed by atoms with van der Waals surface area (Å²) in [4.78, 5) is 9.99. The molecule has 0 radical (unpaired) electrons. The quantitative estimate of drug-likeness (QED) is 0.622. The molecule has 2 heterocycles. The summed E-state index contributed by atoms with van der Waals surface area (Å²) in [5, 5.41) is 1.05. The number of aliphatic imine (C=N–C) groups is 1. The average Bonchev–Trinajstić information content (AvgIpc) is 2.72. The van der Waals surface area contributed by atoms with Crippen molar-refractivity contribution in [1.82, 2.24) is 9.80 Å². The molecular weight excluding hydrogens is 352 g/mol. The van der Waals surface area contributed by atoms with Gasteiger partial charge in [-0.15, -0.1) is 0 Å². The lowest BCUT2D eigenvalue weighted by molar-refractivity contribution is 0.116. The van der Waals surface area contributed by atoms with Crippen LogP contribution in [0.25, 0.3) is 11.4 Å². The van der Waals surface area contributed by atoms with Gasteiger partial charge in [-0.2, -0.15) is 0 Å². The molecule has 2 aliphatic rings. The molecular formula is C22H32N4S. The molecule has 0 atom stereocenters. The Morgan fingerprint density at radius 1 is 1.04 bits per heavy atom. The van der Waals surface area contributed by atoms with Gasteiger partial charge in [0.2, 0.25) is 0 Å². The number of hydrogen-bond acceptors (Lipinski definition) is 4. The van der Waals surface area contributed by atoms with Gasteiger partial charge in [0, 0.05) is 36.0 Å². The number of nitrogens with zero attached hydrogens (tertiary/aromatic N) is 3. The minimum atomic E-state index is 0.551. The Morgan fingerprint density at radius 3 is 2.26 bits per heavy atom. The fourth-order valence-corrected chi connectivity index (χ4v) is 4.78. The zero-order valence-corrected chi connectivity index (χ0v) is 17.3. The van der Waals surface area contributed by atoms with Crippen molar-refractivity contribution in [1.29, 1.82) is 0 Å². The van der Waals surface area contributed by atoms with Gasteiger partial charge in [-0.05, 0) is 45.0 Å². The maximum Gasteiger partial charge on any atom is 0.164 e. The summed E-state index contributed by atoms with van der Waals surface area (Å²) in [6, 6.07) is 8.69. The summed E-state index contributed by atoms with van der Waals surface area (Å²) in [5.41, 5.74) is 9.11. The standard InChI is InChI=1S/C22H32N4S/c1-17(23)20-9-5-6-10-21(20)18(2)24-22(27-3)26-15-11-19(12-16-26)25-13-7-4-8-14-25/h5-6,9-10,19H,1-2,4,7-8,11-16,23H2,3H3. The van der Waals surface area contributed by atoms with Crippen molar-refractivity contribution < 1.29 is 0 Å². The summed E-state index contributed by atoms with van der Waals surface area (Å²) in [6.07, 6.45) is 8.67. The van der Waals surface area contributed by atoms with Gasteiger partial charge in [0.15, 0.2) is 5.17 Å². The molecule has 0 unspecified atom stereocenters.